The second-order valence-electron chi connectivity index (χ2n) is 3.94. The van der Waals surface area contributed by atoms with Gasteiger partial charge in [0.1, 0.15) is 5.82 Å². The highest BCUT2D eigenvalue weighted by Crippen LogP contribution is 2.30. The molecule has 0 spiro atoms. The number of rotatable bonds is 5. The summed E-state index contributed by atoms with van der Waals surface area (Å²) in [4.78, 5) is 11.6. The Hall–Kier alpha value is -1.63. The number of carbonyl (C=O) groups excluding carboxylic acids is 1. The van der Waals surface area contributed by atoms with Gasteiger partial charge in [-0.15, -0.1) is 0 Å². The lowest BCUT2D eigenvalue weighted by Gasteiger charge is -2.10. The number of nitrogens with one attached hydrogen (secondary N) is 1. The van der Waals surface area contributed by atoms with Crippen molar-refractivity contribution in [3.8, 4) is 0 Å². The quantitative estimate of drug-likeness (QED) is 0.641. The van der Waals surface area contributed by atoms with Crippen molar-refractivity contribution >= 4 is 5.91 Å². The molecule has 1 amide bonds. The fourth-order valence-electron chi connectivity index (χ4n) is 1.44. The summed E-state index contributed by atoms with van der Waals surface area (Å²) >= 11 is 0. The van der Waals surface area contributed by atoms with Crippen molar-refractivity contribution in [3.05, 3.63) is 35.1 Å². The zero-order chi connectivity index (χ0) is 14.5. The van der Waals surface area contributed by atoms with Crippen molar-refractivity contribution in [1.29, 1.82) is 0 Å². The topological polar surface area (TPSA) is 55.1 Å². The summed E-state index contributed by atoms with van der Waals surface area (Å²) in [6.45, 7) is 0.694. The number of hydrogen-bond acceptors (Lipinski definition) is 2. The highest BCUT2D eigenvalue weighted by atomic mass is 19.4. The third-order valence-corrected chi connectivity index (χ3v) is 2.45. The van der Waals surface area contributed by atoms with Crippen molar-refractivity contribution in [2.24, 2.45) is 5.73 Å². The van der Waals surface area contributed by atoms with E-state index < -0.39 is 29.0 Å². The van der Waals surface area contributed by atoms with Gasteiger partial charge in [0.2, 0.25) is 0 Å². The fourth-order valence-corrected chi connectivity index (χ4v) is 1.44. The van der Waals surface area contributed by atoms with Gasteiger partial charge in [0.25, 0.3) is 5.91 Å². The van der Waals surface area contributed by atoms with Gasteiger partial charge < -0.3 is 11.1 Å². The van der Waals surface area contributed by atoms with Crippen LogP contribution in [0.3, 0.4) is 0 Å². The van der Waals surface area contributed by atoms with E-state index in [4.69, 9.17) is 5.73 Å². The molecule has 106 valence electrons. The molecule has 3 N–H and O–H groups in total. The molecule has 0 radical (unpaired) electrons. The van der Waals surface area contributed by atoms with Gasteiger partial charge in [0, 0.05) is 6.54 Å². The van der Waals surface area contributed by atoms with E-state index in [0.717, 1.165) is 0 Å². The summed E-state index contributed by atoms with van der Waals surface area (Å²) in [6, 6.07) is 1.74. The normalized spacial score (nSPS) is 11.4. The van der Waals surface area contributed by atoms with Crippen LogP contribution in [-0.4, -0.2) is 19.0 Å². The SMILES string of the molecule is NCCCCNC(=O)c1cc(C(F)(F)F)ccc1F. The molecule has 0 heterocycles. The Morgan fingerprint density at radius 1 is 1.26 bits per heavy atom. The van der Waals surface area contributed by atoms with Crippen LogP contribution in [0.4, 0.5) is 17.6 Å². The smallest absolute Gasteiger partial charge is 0.352 e. The average Bonchev–Trinajstić information content (AvgIpc) is 2.33. The van der Waals surface area contributed by atoms with E-state index in [2.05, 4.69) is 5.32 Å². The minimum atomic E-state index is -4.61. The van der Waals surface area contributed by atoms with E-state index in [1.54, 1.807) is 0 Å². The molecule has 1 aromatic rings. The summed E-state index contributed by atoms with van der Waals surface area (Å²) in [5, 5.41) is 2.35. The van der Waals surface area contributed by atoms with Crippen molar-refractivity contribution < 1.29 is 22.4 Å². The number of alkyl halides is 3. The molecule has 0 saturated carbocycles. The van der Waals surface area contributed by atoms with Crippen LogP contribution in [0.5, 0.6) is 0 Å². The number of hydrogen-bond donors (Lipinski definition) is 2. The van der Waals surface area contributed by atoms with Gasteiger partial charge in [-0.05, 0) is 37.6 Å². The van der Waals surface area contributed by atoms with E-state index >= 15 is 0 Å². The summed E-state index contributed by atoms with van der Waals surface area (Å²) < 4.78 is 50.7. The highest BCUT2D eigenvalue weighted by molar-refractivity contribution is 5.94. The molecule has 0 aliphatic rings. The van der Waals surface area contributed by atoms with E-state index in [-0.39, 0.29) is 6.54 Å². The molecule has 7 heteroatoms. The van der Waals surface area contributed by atoms with Crippen molar-refractivity contribution in [2.45, 2.75) is 19.0 Å². The third-order valence-electron chi connectivity index (χ3n) is 2.45. The Labute approximate surface area is 107 Å². The monoisotopic (exact) mass is 278 g/mol. The lowest BCUT2D eigenvalue weighted by molar-refractivity contribution is -0.137. The Bertz CT molecular complexity index is 446. The second kappa shape index (κ2) is 6.51. The van der Waals surface area contributed by atoms with Crippen LogP contribution in [0.15, 0.2) is 18.2 Å². The highest BCUT2D eigenvalue weighted by Gasteiger charge is 2.31. The van der Waals surface area contributed by atoms with E-state index in [1.807, 2.05) is 0 Å². The van der Waals surface area contributed by atoms with Crippen LogP contribution < -0.4 is 11.1 Å². The van der Waals surface area contributed by atoms with Crippen LogP contribution in [0.25, 0.3) is 0 Å². The van der Waals surface area contributed by atoms with Crippen molar-refractivity contribution in [3.63, 3.8) is 0 Å². The number of halogens is 4. The molecule has 0 unspecified atom stereocenters. The lowest BCUT2D eigenvalue weighted by atomic mass is 10.1. The molecular weight excluding hydrogens is 264 g/mol. The first kappa shape index (κ1) is 15.4. The van der Waals surface area contributed by atoms with Gasteiger partial charge in [-0.1, -0.05) is 0 Å². The maximum absolute atomic E-state index is 13.3. The molecule has 0 saturated heterocycles. The average molecular weight is 278 g/mol. The standard InChI is InChI=1S/C12H14F4N2O/c13-10-4-3-8(12(14,15)16)7-9(10)11(19)18-6-2-1-5-17/h3-4,7H,1-2,5-6,17H2,(H,18,19). The van der Waals surface area contributed by atoms with Gasteiger partial charge in [0.15, 0.2) is 0 Å². The fraction of sp³-hybridized carbons (Fsp3) is 0.417. The summed E-state index contributed by atoms with van der Waals surface area (Å²) in [5.74, 6) is -1.84. The molecule has 0 atom stereocenters. The molecule has 1 rings (SSSR count). The minimum absolute atomic E-state index is 0.242. The maximum Gasteiger partial charge on any atom is 0.416 e. The molecule has 19 heavy (non-hydrogen) atoms. The van der Waals surface area contributed by atoms with Gasteiger partial charge in [-0.25, -0.2) is 4.39 Å². The summed E-state index contributed by atoms with van der Waals surface area (Å²) in [5.41, 5.74) is 3.59. The third kappa shape index (κ3) is 4.51. The maximum atomic E-state index is 13.3. The summed E-state index contributed by atoms with van der Waals surface area (Å²) in [6.07, 6.45) is -3.35. The Morgan fingerprint density at radius 2 is 1.95 bits per heavy atom. The van der Waals surface area contributed by atoms with Gasteiger partial charge in [-0.3, -0.25) is 4.79 Å². The van der Waals surface area contributed by atoms with E-state index in [9.17, 15) is 22.4 Å². The number of carbonyl (C=O) groups is 1. The predicted octanol–water partition coefficient (Wildman–Crippen LogP) is 2.31. The zero-order valence-electron chi connectivity index (χ0n) is 10.1. The Morgan fingerprint density at radius 3 is 2.53 bits per heavy atom. The molecule has 0 aliphatic heterocycles. The van der Waals surface area contributed by atoms with E-state index in [1.165, 1.54) is 0 Å². The molecule has 0 aromatic heterocycles. The largest absolute Gasteiger partial charge is 0.416 e. The first-order valence-corrected chi connectivity index (χ1v) is 5.71. The van der Waals surface area contributed by atoms with Crippen LogP contribution >= 0.6 is 0 Å². The lowest BCUT2D eigenvalue weighted by Crippen LogP contribution is -2.26. The molecule has 0 bridgehead atoms. The number of amides is 1. The van der Waals surface area contributed by atoms with Crippen LogP contribution in [0.2, 0.25) is 0 Å². The minimum Gasteiger partial charge on any atom is -0.352 e. The second-order valence-corrected chi connectivity index (χ2v) is 3.94. The predicted molar refractivity (Wildman–Crippen MR) is 62.0 cm³/mol. The number of unbranched alkanes of at least 4 members (excludes halogenated alkanes) is 1. The van der Waals surface area contributed by atoms with Crippen LogP contribution in [0.1, 0.15) is 28.8 Å². The van der Waals surface area contributed by atoms with E-state index in [0.29, 0.717) is 37.6 Å². The molecule has 0 aliphatic carbocycles. The van der Waals surface area contributed by atoms with Crippen LogP contribution in [-0.2, 0) is 6.18 Å². The Kier molecular flexibility index (Phi) is 5.29. The molecule has 1 aromatic carbocycles. The first-order valence-electron chi connectivity index (χ1n) is 5.71. The van der Waals surface area contributed by atoms with Crippen molar-refractivity contribution in [1.82, 2.24) is 5.32 Å². The Balaban J connectivity index is 2.78. The molecular formula is C12H14F4N2O. The van der Waals surface area contributed by atoms with Crippen molar-refractivity contribution in [2.75, 3.05) is 13.1 Å². The van der Waals surface area contributed by atoms with Gasteiger partial charge >= 0.3 is 6.18 Å². The first-order chi connectivity index (χ1) is 8.86. The number of nitrogens with two attached hydrogens (primary N) is 1. The molecule has 0 fully saturated rings. The number of benzene rings is 1. The van der Waals surface area contributed by atoms with Gasteiger partial charge in [0.05, 0.1) is 11.1 Å². The van der Waals surface area contributed by atoms with Gasteiger partial charge in [-0.2, -0.15) is 13.2 Å². The van der Waals surface area contributed by atoms with Crippen LogP contribution in [0, 0.1) is 5.82 Å². The zero-order valence-corrected chi connectivity index (χ0v) is 10.1. The summed E-state index contributed by atoms with van der Waals surface area (Å²) in [7, 11) is 0. The molecule has 3 nitrogen and oxygen atoms in total.